The Bertz CT molecular complexity index is 624. The van der Waals surface area contributed by atoms with Crippen molar-refractivity contribution in [2.45, 2.75) is 12.8 Å². The lowest BCUT2D eigenvalue weighted by molar-refractivity contribution is -0.115. The number of aliphatic imine (C=N–C) groups is 1. The van der Waals surface area contributed by atoms with Crippen LogP contribution in [0.4, 0.5) is 0 Å². The van der Waals surface area contributed by atoms with Crippen LogP contribution < -0.4 is 5.32 Å². The molecule has 0 unspecified atom stereocenters. The van der Waals surface area contributed by atoms with Gasteiger partial charge in [0.2, 0.25) is 0 Å². The molecule has 96 valence electrons. The van der Waals surface area contributed by atoms with E-state index in [2.05, 4.69) is 10.3 Å². The molecular formula is C14H12N2O2S. The van der Waals surface area contributed by atoms with Crippen molar-refractivity contribution in [3.05, 3.63) is 52.2 Å². The number of amides is 1. The van der Waals surface area contributed by atoms with Gasteiger partial charge in [0.1, 0.15) is 17.3 Å². The number of nitrogens with zero attached hydrogens (tertiary/aromatic N) is 1. The molecule has 0 atom stereocenters. The molecule has 0 spiro atoms. The topological polar surface area (TPSA) is 54.6 Å². The molecule has 5 heteroatoms. The summed E-state index contributed by atoms with van der Waals surface area (Å²) >= 11 is 1.58. The lowest BCUT2D eigenvalue weighted by atomic mass is 10.2. The molecule has 2 aromatic rings. The zero-order valence-electron chi connectivity index (χ0n) is 10.1. The summed E-state index contributed by atoms with van der Waals surface area (Å²) in [5.74, 6) is 1.46. The summed E-state index contributed by atoms with van der Waals surface area (Å²) in [6, 6.07) is 7.68. The first-order chi connectivity index (χ1) is 9.31. The smallest absolute Gasteiger partial charge is 0.275 e. The van der Waals surface area contributed by atoms with E-state index in [-0.39, 0.29) is 5.91 Å². The van der Waals surface area contributed by atoms with Crippen molar-refractivity contribution >= 4 is 29.2 Å². The molecule has 0 bridgehead atoms. The maximum Gasteiger partial charge on any atom is 0.275 e. The number of hydrogen-bond donors (Lipinski definition) is 1. The van der Waals surface area contributed by atoms with E-state index >= 15 is 0 Å². The predicted octanol–water partition coefficient (Wildman–Crippen LogP) is 2.84. The molecule has 3 rings (SSSR count). The summed E-state index contributed by atoms with van der Waals surface area (Å²) < 4.78 is 5.25. The van der Waals surface area contributed by atoms with Gasteiger partial charge in [-0.3, -0.25) is 4.79 Å². The van der Waals surface area contributed by atoms with E-state index in [1.165, 1.54) is 0 Å². The summed E-state index contributed by atoms with van der Waals surface area (Å²) in [6.07, 6.45) is 4.85. The Morgan fingerprint density at radius 1 is 1.32 bits per heavy atom. The van der Waals surface area contributed by atoms with Crippen LogP contribution in [0.25, 0.3) is 6.08 Å². The Labute approximate surface area is 114 Å². The van der Waals surface area contributed by atoms with E-state index in [9.17, 15) is 4.79 Å². The molecule has 0 saturated carbocycles. The van der Waals surface area contributed by atoms with Crippen LogP contribution in [0, 0.1) is 0 Å². The highest BCUT2D eigenvalue weighted by Gasteiger charge is 2.19. The SMILES string of the molecule is O=C1NC(CCc2ccco2)=N/C1=C/c1cccs1. The first-order valence-electron chi connectivity index (χ1n) is 5.98. The number of hydrogen-bond acceptors (Lipinski definition) is 4. The zero-order valence-corrected chi connectivity index (χ0v) is 10.9. The van der Waals surface area contributed by atoms with E-state index in [0.29, 0.717) is 18.0 Å². The van der Waals surface area contributed by atoms with Crippen LogP contribution in [0.3, 0.4) is 0 Å². The molecule has 4 nitrogen and oxygen atoms in total. The Hall–Kier alpha value is -2.14. The second-order valence-electron chi connectivity index (χ2n) is 4.14. The van der Waals surface area contributed by atoms with E-state index in [1.807, 2.05) is 29.6 Å². The summed E-state index contributed by atoms with van der Waals surface area (Å²) in [5, 5.41) is 4.76. The van der Waals surface area contributed by atoms with E-state index in [1.54, 1.807) is 23.7 Å². The highest BCUT2D eigenvalue weighted by Crippen LogP contribution is 2.17. The van der Waals surface area contributed by atoms with E-state index in [0.717, 1.165) is 17.1 Å². The standard InChI is InChI=1S/C14H12N2O2S/c17-14-12(9-11-4-2-8-19-11)15-13(16-14)6-5-10-3-1-7-18-10/h1-4,7-9H,5-6H2,(H,15,16,17)/b12-9+. The number of rotatable bonds is 4. The van der Waals surface area contributed by atoms with E-state index in [4.69, 9.17) is 4.42 Å². The number of aryl methyl sites for hydroxylation is 1. The lowest BCUT2D eigenvalue weighted by Gasteiger charge is -1.97. The fraction of sp³-hybridized carbons (Fsp3) is 0.143. The average Bonchev–Trinajstić information content (AvgIpc) is 3.11. The van der Waals surface area contributed by atoms with Crippen LogP contribution in [0.5, 0.6) is 0 Å². The van der Waals surface area contributed by atoms with Crippen molar-refractivity contribution in [2.75, 3.05) is 0 Å². The Kier molecular flexibility index (Phi) is 3.29. The Balaban J connectivity index is 1.69. The molecule has 1 aliphatic rings. The minimum Gasteiger partial charge on any atom is -0.469 e. The molecule has 2 aromatic heterocycles. The number of furan rings is 1. The molecule has 0 radical (unpaired) electrons. The third kappa shape index (κ3) is 2.82. The van der Waals surface area contributed by atoms with Crippen molar-refractivity contribution in [3.63, 3.8) is 0 Å². The maximum atomic E-state index is 11.8. The Morgan fingerprint density at radius 3 is 3.00 bits per heavy atom. The summed E-state index contributed by atoms with van der Waals surface area (Å²) in [5.41, 5.74) is 0.469. The van der Waals surface area contributed by atoms with Crippen LogP contribution in [-0.4, -0.2) is 11.7 Å². The molecule has 0 saturated heterocycles. The van der Waals surface area contributed by atoms with Gasteiger partial charge >= 0.3 is 0 Å². The average molecular weight is 272 g/mol. The second kappa shape index (κ2) is 5.24. The van der Waals surface area contributed by atoms with Crippen molar-refractivity contribution in [3.8, 4) is 0 Å². The fourth-order valence-corrected chi connectivity index (χ4v) is 2.49. The van der Waals surface area contributed by atoms with Crippen molar-refractivity contribution < 1.29 is 9.21 Å². The van der Waals surface area contributed by atoms with Crippen LogP contribution >= 0.6 is 11.3 Å². The largest absolute Gasteiger partial charge is 0.469 e. The van der Waals surface area contributed by atoms with Gasteiger partial charge in [0.15, 0.2) is 0 Å². The molecular weight excluding hydrogens is 260 g/mol. The van der Waals surface area contributed by atoms with Gasteiger partial charge in [0, 0.05) is 17.7 Å². The van der Waals surface area contributed by atoms with Gasteiger partial charge in [-0.1, -0.05) is 6.07 Å². The van der Waals surface area contributed by atoms with Crippen molar-refractivity contribution in [1.29, 1.82) is 0 Å². The molecule has 0 fully saturated rings. The number of amidine groups is 1. The lowest BCUT2D eigenvalue weighted by Crippen LogP contribution is -2.24. The molecule has 19 heavy (non-hydrogen) atoms. The minimum absolute atomic E-state index is 0.136. The van der Waals surface area contributed by atoms with Crippen LogP contribution in [-0.2, 0) is 11.2 Å². The van der Waals surface area contributed by atoms with Gasteiger partial charge in [-0.15, -0.1) is 11.3 Å². The molecule has 1 amide bonds. The Morgan fingerprint density at radius 2 is 2.26 bits per heavy atom. The third-order valence-corrected chi connectivity index (χ3v) is 3.58. The van der Waals surface area contributed by atoms with Gasteiger partial charge in [0.05, 0.1) is 6.26 Å². The molecule has 0 aromatic carbocycles. The summed E-state index contributed by atoms with van der Waals surface area (Å²) in [7, 11) is 0. The van der Waals surface area contributed by atoms with Gasteiger partial charge in [-0.25, -0.2) is 4.99 Å². The van der Waals surface area contributed by atoms with Crippen molar-refractivity contribution in [2.24, 2.45) is 4.99 Å². The van der Waals surface area contributed by atoms with Gasteiger partial charge in [0.25, 0.3) is 5.91 Å². The van der Waals surface area contributed by atoms with Gasteiger partial charge in [-0.05, 0) is 29.7 Å². The fourth-order valence-electron chi connectivity index (χ4n) is 1.84. The highest BCUT2D eigenvalue weighted by atomic mass is 32.1. The monoisotopic (exact) mass is 272 g/mol. The predicted molar refractivity (Wildman–Crippen MR) is 74.9 cm³/mol. The normalized spacial score (nSPS) is 16.7. The van der Waals surface area contributed by atoms with Gasteiger partial charge < -0.3 is 9.73 Å². The number of nitrogens with one attached hydrogen (secondary N) is 1. The first-order valence-corrected chi connectivity index (χ1v) is 6.86. The molecule has 1 N–H and O–H groups in total. The van der Waals surface area contributed by atoms with Crippen molar-refractivity contribution in [1.82, 2.24) is 5.32 Å². The first kappa shape index (κ1) is 11.9. The van der Waals surface area contributed by atoms with Crippen LogP contribution in [0.2, 0.25) is 0 Å². The van der Waals surface area contributed by atoms with E-state index < -0.39 is 0 Å². The summed E-state index contributed by atoms with van der Waals surface area (Å²) in [6.45, 7) is 0. The maximum absolute atomic E-state index is 11.8. The van der Waals surface area contributed by atoms with Crippen LogP contribution in [0.15, 0.2) is 51.0 Å². The van der Waals surface area contributed by atoms with Gasteiger partial charge in [-0.2, -0.15) is 0 Å². The molecule has 0 aliphatic carbocycles. The third-order valence-electron chi connectivity index (χ3n) is 2.76. The second-order valence-corrected chi connectivity index (χ2v) is 5.12. The quantitative estimate of drug-likeness (QED) is 0.870. The summed E-state index contributed by atoms with van der Waals surface area (Å²) in [4.78, 5) is 17.1. The van der Waals surface area contributed by atoms with Crippen LogP contribution in [0.1, 0.15) is 17.1 Å². The minimum atomic E-state index is -0.136. The number of carbonyl (C=O) groups excluding carboxylic acids is 1. The molecule has 3 heterocycles. The zero-order chi connectivity index (χ0) is 13.1. The number of carbonyl (C=O) groups is 1. The number of thiophene rings is 1. The highest BCUT2D eigenvalue weighted by molar-refractivity contribution is 7.10. The molecule has 1 aliphatic heterocycles.